The van der Waals surface area contributed by atoms with Gasteiger partial charge in [-0.25, -0.2) is 4.98 Å². The van der Waals surface area contributed by atoms with Crippen molar-refractivity contribution in [1.82, 2.24) is 15.3 Å². The highest BCUT2D eigenvalue weighted by Crippen LogP contribution is 2.21. The number of rotatable bonds is 4. The molecular formula is C15H21N3O. The Morgan fingerprint density at radius 1 is 1.26 bits per heavy atom. The SMILES string of the molecule is Cc1cc(C)c(C(C)NCc2ncc(C)o2)c(C)n1. The molecule has 2 aromatic rings. The standard InChI is InChI=1S/C15H21N3O/c1-9-6-10(2)18-13(5)15(9)12(4)16-8-14-17-7-11(3)19-14/h6-7,12,16H,8H2,1-5H3. The minimum absolute atomic E-state index is 0.223. The van der Waals surface area contributed by atoms with Crippen LogP contribution >= 0.6 is 0 Å². The summed E-state index contributed by atoms with van der Waals surface area (Å²) in [6.45, 7) is 10.9. The lowest BCUT2D eigenvalue weighted by Gasteiger charge is -2.18. The molecule has 0 aliphatic carbocycles. The predicted octanol–water partition coefficient (Wildman–Crippen LogP) is 3.15. The molecule has 0 amide bonds. The molecule has 1 atom stereocenters. The Kier molecular flexibility index (Phi) is 4.00. The fraction of sp³-hybridized carbons (Fsp3) is 0.467. The van der Waals surface area contributed by atoms with Crippen molar-refractivity contribution in [3.8, 4) is 0 Å². The van der Waals surface area contributed by atoms with Gasteiger partial charge in [-0.3, -0.25) is 4.98 Å². The molecular weight excluding hydrogens is 238 g/mol. The number of pyridine rings is 1. The summed E-state index contributed by atoms with van der Waals surface area (Å²) in [4.78, 5) is 8.73. The summed E-state index contributed by atoms with van der Waals surface area (Å²) in [6.07, 6.45) is 1.74. The van der Waals surface area contributed by atoms with Crippen molar-refractivity contribution >= 4 is 0 Å². The van der Waals surface area contributed by atoms with Crippen molar-refractivity contribution in [2.75, 3.05) is 0 Å². The van der Waals surface area contributed by atoms with Crippen LogP contribution in [0.5, 0.6) is 0 Å². The molecule has 4 heteroatoms. The number of oxazole rings is 1. The van der Waals surface area contributed by atoms with Gasteiger partial charge in [0.15, 0.2) is 0 Å². The van der Waals surface area contributed by atoms with Crippen LogP contribution in [0.15, 0.2) is 16.7 Å². The van der Waals surface area contributed by atoms with E-state index in [4.69, 9.17) is 4.42 Å². The minimum atomic E-state index is 0.223. The van der Waals surface area contributed by atoms with E-state index in [1.807, 2.05) is 13.8 Å². The first kappa shape index (κ1) is 13.7. The Hall–Kier alpha value is -1.68. The lowest BCUT2D eigenvalue weighted by molar-refractivity contribution is 0.431. The second-order valence-corrected chi connectivity index (χ2v) is 5.05. The Morgan fingerprint density at radius 2 is 2.00 bits per heavy atom. The number of hydrogen-bond acceptors (Lipinski definition) is 4. The van der Waals surface area contributed by atoms with Crippen LogP contribution in [0.2, 0.25) is 0 Å². The van der Waals surface area contributed by atoms with Gasteiger partial charge in [0, 0.05) is 17.4 Å². The summed E-state index contributed by atoms with van der Waals surface area (Å²) in [5, 5.41) is 3.43. The average Bonchev–Trinajstić information content (AvgIpc) is 2.71. The summed E-state index contributed by atoms with van der Waals surface area (Å²) in [5.74, 6) is 1.56. The van der Waals surface area contributed by atoms with Crippen LogP contribution in [-0.4, -0.2) is 9.97 Å². The van der Waals surface area contributed by atoms with E-state index in [2.05, 4.69) is 42.1 Å². The Labute approximate surface area is 114 Å². The Balaban J connectivity index is 2.10. The van der Waals surface area contributed by atoms with Gasteiger partial charge in [0.2, 0.25) is 5.89 Å². The molecule has 0 saturated carbocycles. The maximum atomic E-state index is 5.46. The Morgan fingerprint density at radius 3 is 2.58 bits per heavy atom. The van der Waals surface area contributed by atoms with E-state index >= 15 is 0 Å². The van der Waals surface area contributed by atoms with Gasteiger partial charge in [-0.05, 0) is 51.8 Å². The molecule has 4 nitrogen and oxygen atoms in total. The van der Waals surface area contributed by atoms with Crippen LogP contribution < -0.4 is 5.32 Å². The van der Waals surface area contributed by atoms with E-state index < -0.39 is 0 Å². The van der Waals surface area contributed by atoms with E-state index in [-0.39, 0.29) is 6.04 Å². The van der Waals surface area contributed by atoms with Crippen molar-refractivity contribution in [1.29, 1.82) is 0 Å². The van der Waals surface area contributed by atoms with Gasteiger partial charge in [0.05, 0.1) is 12.7 Å². The van der Waals surface area contributed by atoms with Crippen LogP contribution in [0.4, 0.5) is 0 Å². The second kappa shape index (κ2) is 5.53. The first-order chi connectivity index (χ1) is 8.97. The number of nitrogens with one attached hydrogen (secondary N) is 1. The van der Waals surface area contributed by atoms with Crippen LogP contribution in [0.1, 0.15) is 47.1 Å². The molecule has 2 rings (SSSR count). The molecule has 0 spiro atoms. The molecule has 0 saturated heterocycles. The molecule has 1 unspecified atom stereocenters. The van der Waals surface area contributed by atoms with Crippen molar-refractivity contribution in [3.63, 3.8) is 0 Å². The lowest BCUT2D eigenvalue weighted by Crippen LogP contribution is -2.20. The van der Waals surface area contributed by atoms with E-state index in [0.717, 1.165) is 23.0 Å². The first-order valence-corrected chi connectivity index (χ1v) is 6.57. The molecule has 102 valence electrons. The van der Waals surface area contributed by atoms with Gasteiger partial charge in [-0.15, -0.1) is 0 Å². The summed E-state index contributed by atoms with van der Waals surface area (Å²) < 4.78 is 5.46. The Bertz CT molecular complexity index is 552. The highest BCUT2D eigenvalue weighted by molar-refractivity contribution is 5.33. The van der Waals surface area contributed by atoms with Gasteiger partial charge < -0.3 is 9.73 Å². The first-order valence-electron chi connectivity index (χ1n) is 6.57. The number of aryl methyl sites for hydroxylation is 4. The lowest BCUT2D eigenvalue weighted by atomic mass is 10.0. The molecule has 1 N–H and O–H groups in total. The van der Waals surface area contributed by atoms with Gasteiger partial charge in [0.1, 0.15) is 5.76 Å². The smallest absolute Gasteiger partial charge is 0.208 e. The van der Waals surface area contributed by atoms with Crippen molar-refractivity contribution < 1.29 is 4.42 Å². The monoisotopic (exact) mass is 259 g/mol. The normalized spacial score (nSPS) is 12.7. The molecule has 0 aliphatic heterocycles. The zero-order chi connectivity index (χ0) is 14.0. The van der Waals surface area contributed by atoms with Crippen LogP contribution in [0, 0.1) is 27.7 Å². The fourth-order valence-corrected chi connectivity index (χ4v) is 2.51. The zero-order valence-electron chi connectivity index (χ0n) is 12.2. The molecule has 0 aliphatic rings. The second-order valence-electron chi connectivity index (χ2n) is 5.05. The summed E-state index contributed by atoms with van der Waals surface area (Å²) >= 11 is 0. The van der Waals surface area contributed by atoms with Gasteiger partial charge >= 0.3 is 0 Å². The molecule has 0 radical (unpaired) electrons. The topological polar surface area (TPSA) is 51.0 Å². The molecule has 0 bridgehead atoms. The van der Waals surface area contributed by atoms with Crippen LogP contribution in [0.3, 0.4) is 0 Å². The molecule has 0 fully saturated rings. The third-order valence-corrected chi connectivity index (χ3v) is 3.25. The average molecular weight is 259 g/mol. The van der Waals surface area contributed by atoms with Gasteiger partial charge in [-0.1, -0.05) is 0 Å². The molecule has 0 aromatic carbocycles. The maximum absolute atomic E-state index is 5.46. The maximum Gasteiger partial charge on any atom is 0.208 e. The van der Waals surface area contributed by atoms with E-state index in [0.29, 0.717) is 6.54 Å². The number of hydrogen-bond donors (Lipinski definition) is 1. The zero-order valence-corrected chi connectivity index (χ0v) is 12.2. The molecule has 2 aromatic heterocycles. The van der Waals surface area contributed by atoms with E-state index in [9.17, 15) is 0 Å². The van der Waals surface area contributed by atoms with Crippen molar-refractivity contribution in [2.45, 2.75) is 47.2 Å². The van der Waals surface area contributed by atoms with Crippen LogP contribution in [0.25, 0.3) is 0 Å². The third-order valence-electron chi connectivity index (χ3n) is 3.25. The van der Waals surface area contributed by atoms with Crippen molar-refractivity contribution in [3.05, 3.63) is 46.4 Å². The fourth-order valence-electron chi connectivity index (χ4n) is 2.51. The quantitative estimate of drug-likeness (QED) is 0.916. The molecule has 19 heavy (non-hydrogen) atoms. The van der Waals surface area contributed by atoms with Crippen LogP contribution in [-0.2, 0) is 6.54 Å². The summed E-state index contributed by atoms with van der Waals surface area (Å²) in [5.41, 5.74) is 4.68. The highest BCUT2D eigenvalue weighted by Gasteiger charge is 2.13. The predicted molar refractivity (Wildman–Crippen MR) is 74.9 cm³/mol. The van der Waals surface area contributed by atoms with E-state index in [1.165, 1.54) is 11.1 Å². The molecule has 2 heterocycles. The summed E-state index contributed by atoms with van der Waals surface area (Å²) in [6, 6.07) is 2.34. The largest absolute Gasteiger partial charge is 0.445 e. The highest BCUT2D eigenvalue weighted by atomic mass is 16.4. The third kappa shape index (κ3) is 3.20. The van der Waals surface area contributed by atoms with Gasteiger partial charge in [-0.2, -0.15) is 0 Å². The van der Waals surface area contributed by atoms with Crippen molar-refractivity contribution in [2.24, 2.45) is 0 Å². The summed E-state index contributed by atoms with van der Waals surface area (Å²) in [7, 11) is 0. The minimum Gasteiger partial charge on any atom is -0.445 e. The van der Waals surface area contributed by atoms with E-state index in [1.54, 1.807) is 6.20 Å². The number of aromatic nitrogens is 2. The number of nitrogens with zero attached hydrogens (tertiary/aromatic N) is 2. The van der Waals surface area contributed by atoms with Gasteiger partial charge in [0.25, 0.3) is 0 Å².